The number of hydrogen-bond donors (Lipinski definition) is 1. The number of amides is 1. The van der Waals surface area contributed by atoms with Crippen LogP contribution in [0.5, 0.6) is 0 Å². The molecule has 0 aliphatic heterocycles. The molecule has 1 N–H and O–H groups in total. The van der Waals surface area contributed by atoms with Gasteiger partial charge in [0.25, 0.3) is 0 Å². The maximum Gasteiger partial charge on any atom is 0.238 e. The molecule has 3 aromatic rings. The monoisotopic (exact) mass is 413 g/mol. The minimum atomic E-state index is -0.380. The smallest absolute Gasteiger partial charge is 0.238 e. The van der Waals surface area contributed by atoms with Gasteiger partial charge >= 0.3 is 0 Å². The zero-order chi connectivity index (χ0) is 21.0. The van der Waals surface area contributed by atoms with Crippen molar-refractivity contribution in [2.45, 2.75) is 63.4 Å². The predicted molar refractivity (Wildman–Crippen MR) is 114 cm³/mol. The molecule has 154 valence electrons. The topological polar surface area (TPSA) is 90.5 Å². The van der Waals surface area contributed by atoms with Crippen molar-refractivity contribution < 1.29 is 4.79 Å². The van der Waals surface area contributed by atoms with Gasteiger partial charge in [0.1, 0.15) is 5.82 Å². The minimum Gasteiger partial charge on any atom is -0.310 e. The average Bonchev–Trinajstić information content (AvgIpc) is 3.36. The van der Waals surface area contributed by atoms with Gasteiger partial charge in [-0.05, 0) is 54.3 Å². The lowest BCUT2D eigenvalue weighted by Gasteiger charge is -2.16. The molecular formula is C20H27N7OS. The Hall–Kier alpha value is -2.68. The summed E-state index contributed by atoms with van der Waals surface area (Å²) in [5.41, 5.74) is 2.12. The molecule has 2 aromatic heterocycles. The second-order valence-corrected chi connectivity index (χ2v) is 8.60. The van der Waals surface area contributed by atoms with Crippen molar-refractivity contribution in [3.63, 3.8) is 0 Å². The van der Waals surface area contributed by atoms with Crippen LogP contribution in [0.3, 0.4) is 0 Å². The van der Waals surface area contributed by atoms with Gasteiger partial charge in [0, 0.05) is 6.07 Å². The number of rotatable bonds is 8. The normalized spacial score (nSPS) is 13.4. The minimum absolute atomic E-state index is 0.121. The Morgan fingerprint density at radius 1 is 1.14 bits per heavy atom. The molecule has 1 amide bonds. The maximum atomic E-state index is 12.7. The second kappa shape index (κ2) is 9.21. The van der Waals surface area contributed by atoms with Crippen LogP contribution >= 0.6 is 11.8 Å². The Morgan fingerprint density at radius 2 is 1.86 bits per heavy atom. The van der Waals surface area contributed by atoms with Gasteiger partial charge in [0.15, 0.2) is 0 Å². The van der Waals surface area contributed by atoms with E-state index >= 15 is 0 Å². The van der Waals surface area contributed by atoms with E-state index in [9.17, 15) is 4.79 Å². The zero-order valence-electron chi connectivity index (χ0n) is 17.4. The first-order valence-electron chi connectivity index (χ1n) is 9.80. The lowest BCUT2D eigenvalue weighted by atomic mass is 10.0. The molecular weight excluding hydrogens is 386 g/mol. The molecule has 1 aromatic carbocycles. The van der Waals surface area contributed by atoms with Crippen LogP contribution in [0.25, 0.3) is 5.69 Å². The van der Waals surface area contributed by atoms with Gasteiger partial charge in [0.2, 0.25) is 11.1 Å². The summed E-state index contributed by atoms with van der Waals surface area (Å²) in [4.78, 5) is 12.7. The lowest BCUT2D eigenvalue weighted by Crippen LogP contribution is -2.25. The number of hydrogen-bond acceptors (Lipinski definition) is 6. The Bertz CT molecular complexity index is 948. The molecule has 0 fully saturated rings. The molecule has 3 rings (SSSR count). The van der Waals surface area contributed by atoms with E-state index in [-0.39, 0.29) is 17.2 Å². The highest BCUT2D eigenvalue weighted by atomic mass is 32.2. The van der Waals surface area contributed by atoms with E-state index in [0.29, 0.717) is 16.9 Å². The largest absolute Gasteiger partial charge is 0.310 e. The van der Waals surface area contributed by atoms with E-state index in [0.717, 1.165) is 12.1 Å². The number of nitrogens with zero attached hydrogens (tertiary/aromatic N) is 6. The summed E-state index contributed by atoms with van der Waals surface area (Å²) in [5, 5.41) is 19.4. The van der Waals surface area contributed by atoms with Gasteiger partial charge in [-0.1, -0.05) is 44.7 Å². The lowest BCUT2D eigenvalue weighted by molar-refractivity contribution is -0.115. The number of anilines is 1. The first-order chi connectivity index (χ1) is 13.9. The van der Waals surface area contributed by atoms with Crippen molar-refractivity contribution in [2.24, 2.45) is 0 Å². The van der Waals surface area contributed by atoms with E-state index < -0.39 is 0 Å². The van der Waals surface area contributed by atoms with Crippen molar-refractivity contribution in [3.8, 4) is 5.69 Å². The van der Waals surface area contributed by atoms with E-state index in [2.05, 4.69) is 65.8 Å². The number of carbonyl (C=O) groups is 1. The van der Waals surface area contributed by atoms with Gasteiger partial charge in [-0.15, -0.1) is 5.10 Å². The summed E-state index contributed by atoms with van der Waals surface area (Å²) in [6.07, 6.45) is 2.63. The van der Waals surface area contributed by atoms with Gasteiger partial charge < -0.3 is 5.32 Å². The second-order valence-electron chi connectivity index (χ2n) is 7.29. The van der Waals surface area contributed by atoms with E-state index in [1.807, 2.05) is 29.8 Å². The van der Waals surface area contributed by atoms with Gasteiger partial charge in [-0.25, -0.2) is 4.68 Å². The Kier molecular flexibility index (Phi) is 6.68. The number of carbonyl (C=O) groups excluding carboxylic acids is 1. The predicted octanol–water partition coefficient (Wildman–Crippen LogP) is 4.07. The summed E-state index contributed by atoms with van der Waals surface area (Å²) >= 11 is 1.32. The highest BCUT2D eigenvalue weighted by Gasteiger charge is 2.21. The van der Waals surface area contributed by atoms with Gasteiger partial charge in [0.05, 0.1) is 23.2 Å². The van der Waals surface area contributed by atoms with Crippen LogP contribution in [-0.2, 0) is 4.79 Å². The van der Waals surface area contributed by atoms with Crippen molar-refractivity contribution in [1.29, 1.82) is 0 Å². The number of nitrogens with one attached hydrogen (secondary N) is 1. The fourth-order valence-corrected chi connectivity index (χ4v) is 3.60. The van der Waals surface area contributed by atoms with Crippen LogP contribution in [0.1, 0.15) is 58.6 Å². The van der Waals surface area contributed by atoms with Crippen molar-refractivity contribution in [2.75, 3.05) is 5.32 Å². The van der Waals surface area contributed by atoms with E-state index in [1.54, 1.807) is 10.9 Å². The molecule has 0 aliphatic rings. The highest BCUT2D eigenvalue weighted by Crippen LogP contribution is 2.25. The molecule has 2 atom stereocenters. The molecule has 0 unspecified atom stereocenters. The first kappa shape index (κ1) is 21.0. The summed E-state index contributed by atoms with van der Waals surface area (Å²) in [6.45, 7) is 10.3. The SMILES string of the molecule is CC[C@@H](C)n1nccc1NC(=O)[C@@H](C)Sc1nnnn1-c1ccc(C(C)C)cc1. The number of tetrazole rings is 1. The molecule has 0 radical (unpaired) electrons. The maximum absolute atomic E-state index is 12.7. The fourth-order valence-electron chi connectivity index (χ4n) is 2.79. The number of aromatic nitrogens is 6. The highest BCUT2D eigenvalue weighted by molar-refractivity contribution is 8.00. The van der Waals surface area contributed by atoms with Crippen LogP contribution < -0.4 is 5.32 Å². The molecule has 2 heterocycles. The summed E-state index contributed by atoms with van der Waals surface area (Å²) < 4.78 is 3.48. The Balaban J connectivity index is 1.70. The molecule has 8 nitrogen and oxygen atoms in total. The molecule has 29 heavy (non-hydrogen) atoms. The van der Waals surface area contributed by atoms with Crippen LogP contribution in [0.15, 0.2) is 41.7 Å². The molecule has 9 heteroatoms. The molecule has 0 bridgehead atoms. The molecule has 0 saturated carbocycles. The third-order valence-electron chi connectivity index (χ3n) is 4.83. The number of benzene rings is 1. The van der Waals surface area contributed by atoms with Gasteiger partial charge in [-0.2, -0.15) is 9.78 Å². The van der Waals surface area contributed by atoms with Crippen LogP contribution in [0, 0.1) is 0 Å². The standard InChI is InChI=1S/C20H27N7OS/c1-6-14(4)26-18(11-12-21-26)22-19(28)15(5)29-20-23-24-25-27(20)17-9-7-16(8-10-17)13(2)3/h7-15H,6H2,1-5H3,(H,22,28)/t14-,15-/m1/s1. The zero-order valence-corrected chi connectivity index (χ0v) is 18.2. The summed E-state index contributed by atoms with van der Waals surface area (Å²) in [7, 11) is 0. The number of thioether (sulfide) groups is 1. The molecule has 0 spiro atoms. The van der Waals surface area contributed by atoms with Crippen molar-refractivity contribution in [3.05, 3.63) is 42.1 Å². The summed E-state index contributed by atoms with van der Waals surface area (Å²) in [6, 6.07) is 10.1. The third kappa shape index (κ3) is 4.84. The molecule has 0 aliphatic carbocycles. The van der Waals surface area contributed by atoms with Crippen LogP contribution in [0.4, 0.5) is 5.82 Å². The third-order valence-corrected chi connectivity index (χ3v) is 5.86. The Morgan fingerprint density at radius 3 is 2.52 bits per heavy atom. The van der Waals surface area contributed by atoms with Crippen molar-refractivity contribution in [1.82, 2.24) is 30.0 Å². The fraction of sp³-hybridized carbons (Fsp3) is 0.450. The van der Waals surface area contributed by atoms with Gasteiger partial charge in [-0.3, -0.25) is 4.79 Å². The van der Waals surface area contributed by atoms with E-state index in [4.69, 9.17) is 0 Å². The van der Waals surface area contributed by atoms with Crippen LogP contribution in [0.2, 0.25) is 0 Å². The van der Waals surface area contributed by atoms with Crippen molar-refractivity contribution >= 4 is 23.5 Å². The van der Waals surface area contributed by atoms with Crippen LogP contribution in [-0.4, -0.2) is 41.1 Å². The molecule has 0 saturated heterocycles. The summed E-state index contributed by atoms with van der Waals surface area (Å²) in [5.74, 6) is 1.03. The Labute approximate surface area is 175 Å². The first-order valence-corrected chi connectivity index (χ1v) is 10.7. The average molecular weight is 414 g/mol. The quantitative estimate of drug-likeness (QED) is 0.560. The van der Waals surface area contributed by atoms with E-state index in [1.165, 1.54) is 17.3 Å².